The number of nitrogens with one attached hydrogen (secondary N) is 2. The average molecular weight is 224 g/mol. The van der Waals surface area contributed by atoms with Crippen LogP contribution >= 0.6 is 0 Å². The summed E-state index contributed by atoms with van der Waals surface area (Å²) in [5.41, 5.74) is 2.08. The van der Waals surface area contributed by atoms with E-state index >= 15 is 0 Å². The molecule has 1 aliphatic carbocycles. The second-order valence-electron chi connectivity index (χ2n) is 4.81. The van der Waals surface area contributed by atoms with Crippen LogP contribution in [0.3, 0.4) is 0 Å². The van der Waals surface area contributed by atoms with Gasteiger partial charge in [-0.25, -0.2) is 0 Å². The van der Waals surface area contributed by atoms with E-state index in [0.29, 0.717) is 0 Å². The molecule has 0 aromatic carbocycles. The predicted octanol–water partition coefficient (Wildman–Crippen LogP) is 0.326. The average Bonchev–Trinajstić information content (AvgIpc) is 2.19. The summed E-state index contributed by atoms with van der Waals surface area (Å²) in [6.07, 6.45) is 3.25. The van der Waals surface area contributed by atoms with Crippen molar-refractivity contribution in [3.63, 3.8) is 0 Å². The van der Waals surface area contributed by atoms with Crippen molar-refractivity contribution in [2.75, 3.05) is 13.1 Å². The first-order valence-electron chi connectivity index (χ1n) is 6.05. The fourth-order valence-corrected chi connectivity index (χ4v) is 2.19. The van der Waals surface area contributed by atoms with Crippen molar-refractivity contribution in [3.05, 3.63) is 11.1 Å². The van der Waals surface area contributed by atoms with Gasteiger partial charge in [-0.3, -0.25) is 4.79 Å². The Morgan fingerprint density at radius 3 is 2.44 bits per heavy atom. The van der Waals surface area contributed by atoms with Crippen molar-refractivity contribution in [3.8, 4) is 0 Å². The van der Waals surface area contributed by atoms with Crippen LogP contribution in [0.2, 0.25) is 0 Å². The molecule has 2 fully saturated rings. The van der Waals surface area contributed by atoms with Crippen LogP contribution in [-0.2, 0) is 4.79 Å². The van der Waals surface area contributed by atoms with Crippen molar-refractivity contribution in [1.29, 1.82) is 0 Å². The molecular weight excluding hydrogens is 204 g/mol. The number of aliphatic hydroxyl groups excluding tert-OH is 1. The normalized spacial score (nSPS) is 29.5. The van der Waals surface area contributed by atoms with Crippen molar-refractivity contribution >= 4 is 5.91 Å². The van der Waals surface area contributed by atoms with E-state index in [1.165, 1.54) is 5.57 Å². The smallest absolute Gasteiger partial charge is 0.247 e. The van der Waals surface area contributed by atoms with E-state index in [-0.39, 0.29) is 18.1 Å². The van der Waals surface area contributed by atoms with Crippen LogP contribution in [0.5, 0.6) is 0 Å². The third-order valence-electron chi connectivity index (χ3n) is 3.58. The molecule has 16 heavy (non-hydrogen) atoms. The summed E-state index contributed by atoms with van der Waals surface area (Å²) in [7, 11) is 0. The predicted molar refractivity (Wildman–Crippen MR) is 62.0 cm³/mol. The maximum atomic E-state index is 11.9. The Kier molecular flexibility index (Phi) is 3.61. The summed E-state index contributed by atoms with van der Waals surface area (Å²) in [6, 6.07) is 0.250. The highest BCUT2D eigenvalue weighted by atomic mass is 16.3. The zero-order chi connectivity index (χ0) is 11.5. The third kappa shape index (κ3) is 2.62. The quantitative estimate of drug-likeness (QED) is 0.592. The van der Waals surface area contributed by atoms with E-state index in [2.05, 4.69) is 10.6 Å². The number of hydrogen-bond acceptors (Lipinski definition) is 3. The molecule has 1 amide bonds. The summed E-state index contributed by atoms with van der Waals surface area (Å²) in [5.74, 6) is 0.0675. The number of rotatable bonds is 2. The molecule has 0 unspecified atom stereocenters. The molecule has 0 atom stereocenters. The molecule has 90 valence electrons. The molecule has 4 heteroatoms. The second kappa shape index (κ2) is 4.97. The van der Waals surface area contributed by atoms with E-state index in [1.807, 2.05) is 6.92 Å². The fourth-order valence-electron chi connectivity index (χ4n) is 2.19. The maximum absolute atomic E-state index is 11.9. The van der Waals surface area contributed by atoms with Gasteiger partial charge >= 0.3 is 0 Å². The monoisotopic (exact) mass is 224 g/mol. The Morgan fingerprint density at radius 2 is 1.94 bits per heavy atom. The lowest BCUT2D eigenvalue weighted by Crippen LogP contribution is -2.42. The van der Waals surface area contributed by atoms with Gasteiger partial charge in [-0.2, -0.15) is 0 Å². The molecule has 2 aliphatic rings. The summed E-state index contributed by atoms with van der Waals surface area (Å²) in [6.45, 7) is 3.59. The van der Waals surface area contributed by atoms with Gasteiger partial charge in [-0.05, 0) is 38.2 Å². The minimum absolute atomic E-state index is 0.0675. The van der Waals surface area contributed by atoms with Crippen LogP contribution in [0.15, 0.2) is 11.1 Å². The van der Waals surface area contributed by atoms with Crippen LogP contribution in [0.1, 0.15) is 32.6 Å². The highest BCUT2D eigenvalue weighted by Gasteiger charge is 2.22. The van der Waals surface area contributed by atoms with Gasteiger partial charge in [-0.15, -0.1) is 0 Å². The first kappa shape index (κ1) is 11.6. The van der Waals surface area contributed by atoms with Crippen molar-refractivity contribution in [1.82, 2.24) is 10.6 Å². The Bertz CT molecular complexity index is 298. The topological polar surface area (TPSA) is 61.4 Å². The second-order valence-corrected chi connectivity index (χ2v) is 4.81. The summed E-state index contributed by atoms with van der Waals surface area (Å²) in [4.78, 5) is 11.9. The SMILES string of the molecule is CC(C(=O)NC1CCC(O)CC1)=C1CNC1. The van der Waals surface area contributed by atoms with Gasteiger partial charge in [0.15, 0.2) is 0 Å². The Balaban J connectivity index is 1.83. The van der Waals surface area contributed by atoms with E-state index in [9.17, 15) is 9.90 Å². The fraction of sp³-hybridized carbons (Fsp3) is 0.750. The molecule has 0 aromatic heterocycles. The minimum Gasteiger partial charge on any atom is -0.393 e. The van der Waals surface area contributed by atoms with Gasteiger partial charge in [0.1, 0.15) is 0 Å². The summed E-state index contributed by atoms with van der Waals surface area (Å²) >= 11 is 0. The molecule has 4 nitrogen and oxygen atoms in total. The van der Waals surface area contributed by atoms with Crippen LogP contribution in [0.25, 0.3) is 0 Å². The lowest BCUT2D eigenvalue weighted by atomic mass is 9.92. The Hall–Kier alpha value is -0.870. The highest BCUT2D eigenvalue weighted by molar-refractivity contribution is 5.94. The standard InChI is InChI=1S/C12H20N2O2/c1-8(9-6-13-7-9)12(16)14-10-2-4-11(15)5-3-10/h10-11,13,15H,2-7H2,1H3,(H,14,16). The maximum Gasteiger partial charge on any atom is 0.247 e. The zero-order valence-corrected chi connectivity index (χ0v) is 9.75. The number of hydrogen-bond donors (Lipinski definition) is 3. The first-order chi connectivity index (χ1) is 7.66. The molecular formula is C12H20N2O2. The Morgan fingerprint density at radius 1 is 1.31 bits per heavy atom. The zero-order valence-electron chi connectivity index (χ0n) is 9.75. The Labute approximate surface area is 96.1 Å². The summed E-state index contributed by atoms with van der Waals surface area (Å²) < 4.78 is 0. The van der Waals surface area contributed by atoms with Gasteiger partial charge in [0, 0.05) is 24.7 Å². The van der Waals surface area contributed by atoms with Crippen molar-refractivity contribution < 1.29 is 9.90 Å². The van der Waals surface area contributed by atoms with Gasteiger partial charge < -0.3 is 15.7 Å². The minimum atomic E-state index is -0.163. The number of carbonyl (C=O) groups excluding carboxylic acids is 1. The first-order valence-corrected chi connectivity index (χ1v) is 6.05. The molecule has 1 saturated heterocycles. The van der Waals surface area contributed by atoms with Gasteiger partial charge in [0.05, 0.1) is 6.10 Å². The molecule has 0 radical (unpaired) electrons. The molecule has 1 saturated carbocycles. The number of aliphatic hydroxyl groups is 1. The van der Waals surface area contributed by atoms with Crippen LogP contribution in [0, 0.1) is 0 Å². The van der Waals surface area contributed by atoms with Crippen LogP contribution in [0.4, 0.5) is 0 Å². The number of amides is 1. The largest absolute Gasteiger partial charge is 0.393 e. The molecule has 2 rings (SSSR count). The molecule has 1 heterocycles. The molecule has 0 spiro atoms. The van der Waals surface area contributed by atoms with Crippen LogP contribution < -0.4 is 10.6 Å². The summed E-state index contributed by atoms with van der Waals surface area (Å²) in [5, 5.41) is 15.6. The lowest BCUT2D eigenvalue weighted by Gasteiger charge is -2.27. The third-order valence-corrected chi connectivity index (χ3v) is 3.58. The van der Waals surface area contributed by atoms with Crippen molar-refractivity contribution in [2.45, 2.75) is 44.8 Å². The lowest BCUT2D eigenvalue weighted by molar-refractivity contribution is -0.118. The van der Waals surface area contributed by atoms with Gasteiger partial charge in [0.25, 0.3) is 0 Å². The van der Waals surface area contributed by atoms with E-state index in [0.717, 1.165) is 44.3 Å². The molecule has 0 aromatic rings. The molecule has 1 aliphatic heterocycles. The van der Waals surface area contributed by atoms with Gasteiger partial charge in [-0.1, -0.05) is 0 Å². The van der Waals surface area contributed by atoms with Crippen molar-refractivity contribution in [2.24, 2.45) is 0 Å². The number of carbonyl (C=O) groups is 1. The van der Waals surface area contributed by atoms with E-state index in [1.54, 1.807) is 0 Å². The molecule has 0 bridgehead atoms. The van der Waals surface area contributed by atoms with Crippen LogP contribution in [-0.4, -0.2) is 36.2 Å². The van der Waals surface area contributed by atoms with E-state index in [4.69, 9.17) is 0 Å². The highest BCUT2D eigenvalue weighted by Crippen LogP contribution is 2.19. The van der Waals surface area contributed by atoms with Gasteiger partial charge in [0.2, 0.25) is 5.91 Å². The molecule has 3 N–H and O–H groups in total. The van der Waals surface area contributed by atoms with E-state index < -0.39 is 0 Å².